The van der Waals surface area contributed by atoms with Crippen LogP contribution >= 0.6 is 11.6 Å². The Morgan fingerprint density at radius 3 is 2.50 bits per heavy atom. The highest BCUT2D eigenvalue weighted by Gasteiger charge is 2.11. The first-order valence-corrected chi connectivity index (χ1v) is 6.75. The Morgan fingerprint density at radius 1 is 1.20 bits per heavy atom. The van der Waals surface area contributed by atoms with E-state index in [1.165, 1.54) is 0 Å². The summed E-state index contributed by atoms with van der Waals surface area (Å²) in [5, 5.41) is 3.71. The van der Waals surface area contributed by atoms with Gasteiger partial charge in [0.1, 0.15) is 0 Å². The molecule has 0 aliphatic carbocycles. The second-order valence-corrected chi connectivity index (χ2v) is 5.05. The Balaban J connectivity index is 2.07. The van der Waals surface area contributed by atoms with Gasteiger partial charge in [-0.1, -0.05) is 23.7 Å². The van der Waals surface area contributed by atoms with E-state index in [1.54, 1.807) is 11.9 Å². The van der Waals surface area contributed by atoms with Crippen molar-refractivity contribution in [3.8, 4) is 0 Å². The number of nitrogens with one attached hydrogen (secondary N) is 1. The van der Waals surface area contributed by atoms with Gasteiger partial charge in [0.15, 0.2) is 0 Å². The summed E-state index contributed by atoms with van der Waals surface area (Å²) in [6.07, 6.45) is 0. The molecule has 1 N–H and O–H groups in total. The van der Waals surface area contributed by atoms with E-state index < -0.39 is 0 Å². The molecule has 2 rings (SSSR count). The maximum absolute atomic E-state index is 12.3. The summed E-state index contributed by atoms with van der Waals surface area (Å²) in [5.41, 5.74) is 2.67. The molecule has 0 aliphatic heterocycles. The monoisotopic (exact) mass is 288 g/mol. The first-order chi connectivity index (χ1) is 9.60. The van der Waals surface area contributed by atoms with Gasteiger partial charge < -0.3 is 10.2 Å². The number of halogens is 1. The van der Waals surface area contributed by atoms with Crippen molar-refractivity contribution in [2.75, 3.05) is 19.4 Å². The summed E-state index contributed by atoms with van der Waals surface area (Å²) in [5.74, 6) is -0.00683. The van der Waals surface area contributed by atoms with Crippen LogP contribution in [0, 0.1) is 0 Å². The molecule has 0 aromatic heterocycles. The Morgan fingerprint density at radius 2 is 1.90 bits per heavy atom. The van der Waals surface area contributed by atoms with Crippen molar-refractivity contribution in [3.05, 3.63) is 64.7 Å². The topological polar surface area (TPSA) is 32.3 Å². The van der Waals surface area contributed by atoms with Crippen LogP contribution in [0.5, 0.6) is 0 Å². The van der Waals surface area contributed by atoms with E-state index >= 15 is 0 Å². The van der Waals surface area contributed by atoms with Crippen LogP contribution in [0.1, 0.15) is 15.9 Å². The molecule has 0 unspecified atom stereocenters. The van der Waals surface area contributed by atoms with Crippen LogP contribution in [0.3, 0.4) is 0 Å². The first kappa shape index (κ1) is 14.4. The summed E-state index contributed by atoms with van der Waals surface area (Å²) in [7, 11) is 3.64. The molecule has 4 heteroatoms. The lowest BCUT2D eigenvalue weighted by Gasteiger charge is -2.17. The molecule has 20 heavy (non-hydrogen) atoms. The minimum absolute atomic E-state index is 0.00683. The van der Waals surface area contributed by atoms with Crippen LogP contribution in [0.2, 0.25) is 5.02 Å². The number of benzene rings is 2. The molecule has 0 bridgehead atoms. The number of carbonyl (C=O) groups is 1. The molecule has 0 radical (unpaired) electrons. The molecule has 0 heterocycles. The first-order valence-electron chi connectivity index (χ1n) is 6.38. The third-order valence-corrected chi connectivity index (χ3v) is 3.31. The van der Waals surface area contributed by atoms with Crippen LogP contribution in [-0.4, -0.2) is 24.9 Å². The molecule has 0 spiro atoms. The average Bonchev–Trinajstić information content (AvgIpc) is 2.46. The van der Waals surface area contributed by atoms with Gasteiger partial charge in [-0.05, 0) is 42.0 Å². The van der Waals surface area contributed by atoms with E-state index in [0.717, 1.165) is 11.3 Å². The summed E-state index contributed by atoms with van der Waals surface area (Å²) >= 11 is 5.95. The highest BCUT2D eigenvalue weighted by atomic mass is 35.5. The third kappa shape index (κ3) is 3.52. The molecule has 1 amide bonds. The lowest BCUT2D eigenvalue weighted by molar-refractivity contribution is 0.0785. The Bertz CT molecular complexity index is 596. The van der Waals surface area contributed by atoms with E-state index in [1.807, 2.05) is 55.6 Å². The number of anilines is 1. The van der Waals surface area contributed by atoms with Crippen LogP contribution < -0.4 is 5.32 Å². The molecule has 0 atom stereocenters. The van der Waals surface area contributed by atoms with Crippen LogP contribution in [-0.2, 0) is 6.54 Å². The fourth-order valence-corrected chi connectivity index (χ4v) is 2.19. The summed E-state index contributed by atoms with van der Waals surface area (Å²) < 4.78 is 0. The lowest BCUT2D eigenvalue weighted by Crippen LogP contribution is -2.26. The fourth-order valence-electron chi connectivity index (χ4n) is 1.98. The largest absolute Gasteiger partial charge is 0.388 e. The molecular formula is C16H17ClN2O. The highest BCUT2D eigenvalue weighted by Crippen LogP contribution is 2.14. The third-order valence-electron chi connectivity index (χ3n) is 3.08. The smallest absolute Gasteiger partial charge is 0.253 e. The van der Waals surface area contributed by atoms with E-state index in [-0.39, 0.29) is 5.91 Å². The van der Waals surface area contributed by atoms with E-state index in [9.17, 15) is 4.79 Å². The minimum atomic E-state index is -0.00683. The van der Waals surface area contributed by atoms with Crippen LogP contribution in [0.25, 0.3) is 0 Å². The molecule has 0 saturated carbocycles. The molecule has 3 nitrogen and oxygen atoms in total. The van der Waals surface area contributed by atoms with Gasteiger partial charge in [-0.25, -0.2) is 0 Å². The Hall–Kier alpha value is -2.00. The normalized spacial score (nSPS) is 10.2. The predicted octanol–water partition coefficient (Wildman–Crippen LogP) is 3.65. The number of amides is 1. The lowest BCUT2D eigenvalue weighted by atomic mass is 10.1. The van der Waals surface area contributed by atoms with Gasteiger partial charge in [-0.2, -0.15) is 0 Å². The van der Waals surface area contributed by atoms with Crippen molar-refractivity contribution >= 4 is 23.2 Å². The van der Waals surface area contributed by atoms with Crippen molar-refractivity contribution in [1.29, 1.82) is 0 Å². The van der Waals surface area contributed by atoms with Gasteiger partial charge in [0.25, 0.3) is 5.91 Å². The molecular weight excluding hydrogens is 272 g/mol. The molecule has 104 valence electrons. The van der Waals surface area contributed by atoms with Gasteiger partial charge in [-0.3, -0.25) is 4.79 Å². The predicted molar refractivity (Wildman–Crippen MR) is 83.2 cm³/mol. The van der Waals surface area contributed by atoms with Crippen LogP contribution in [0.15, 0.2) is 48.5 Å². The maximum atomic E-state index is 12.3. The van der Waals surface area contributed by atoms with Gasteiger partial charge >= 0.3 is 0 Å². The van der Waals surface area contributed by atoms with Crippen LogP contribution in [0.4, 0.5) is 5.69 Å². The van der Waals surface area contributed by atoms with Gasteiger partial charge in [0, 0.05) is 36.9 Å². The maximum Gasteiger partial charge on any atom is 0.253 e. The van der Waals surface area contributed by atoms with Crippen molar-refractivity contribution < 1.29 is 4.79 Å². The second-order valence-electron chi connectivity index (χ2n) is 4.62. The SMILES string of the molecule is CNc1ccc(C(=O)N(C)Cc2cccc(Cl)c2)cc1. The average molecular weight is 289 g/mol. The van der Waals surface area contributed by atoms with E-state index in [2.05, 4.69) is 5.32 Å². The summed E-state index contributed by atoms with van der Waals surface area (Å²) in [4.78, 5) is 14.0. The zero-order chi connectivity index (χ0) is 14.5. The van der Waals surface area contributed by atoms with Gasteiger partial charge in [-0.15, -0.1) is 0 Å². The highest BCUT2D eigenvalue weighted by molar-refractivity contribution is 6.30. The fraction of sp³-hybridized carbons (Fsp3) is 0.188. The van der Waals surface area contributed by atoms with Gasteiger partial charge in [0.05, 0.1) is 0 Å². The van der Waals surface area contributed by atoms with E-state index in [0.29, 0.717) is 17.1 Å². The Kier molecular flexibility index (Phi) is 4.64. The van der Waals surface area contributed by atoms with Crippen molar-refractivity contribution in [1.82, 2.24) is 4.90 Å². The number of rotatable bonds is 4. The number of carbonyl (C=O) groups excluding carboxylic acids is 1. The zero-order valence-corrected chi connectivity index (χ0v) is 12.3. The minimum Gasteiger partial charge on any atom is -0.388 e. The number of nitrogens with zero attached hydrogens (tertiary/aromatic N) is 1. The molecule has 0 saturated heterocycles. The second kappa shape index (κ2) is 6.44. The van der Waals surface area contributed by atoms with Gasteiger partial charge in [0.2, 0.25) is 0 Å². The number of hydrogen-bond donors (Lipinski definition) is 1. The van der Waals surface area contributed by atoms with Crippen molar-refractivity contribution in [3.63, 3.8) is 0 Å². The quantitative estimate of drug-likeness (QED) is 0.931. The summed E-state index contributed by atoms with van der Waals surface area (Å²) in [6, 6.07) is 15.0. The zero-order valence-electron chi connectivity index (χ0n) is 11.6. The number of hydrogen-bond acceptors (Lipinski definition) is 2. The van der Waals surface area contributed by atoms with Crippen molar-refractivity contribution in [2.24, 2.45) is 0 Å². The molecule has 2 aromatic rings. The Labute approximate surface area is 124 Å². The van der Waals surface area contributed by atoms with E-state index in [4.69, 9.17) is 11.6 Å². The summed E-state index contributed by atoms with van der Waals surface area (Å²) in [6.45, 7) is 0.535. The molecule has 0 fully saturated rings. The molecule has 2 aromatic carbocycles. The molecule has 0 aliphatic rings. The van der Waals surface area contributed by atoms with Crippen molar-refractivity contribution in [2.45, 2.75) is 6.54 Å². The standard InChI is InChI=1S/C16H17ClN2O/c1-18-15-8-6-13(7-9-15)16(20)19(2)11-12-4-3-5-14(17)10-12/h3-10,18H,11H2,1-2H3.